The third-order valence-electron chi connectivity index (χ3n) is 4.57. The van der Waals surface area contributed by atoms with Gasteiger partial charge in [0.2, 0.25) is 11.8 Å². The number of carbonyl (C=O) groups is 2. The molecule has 0 saturated carbocycles. The molecule has 2 amide bonds. The molecule has 0 spiro atoms. The van der Waals surface area contributed by atoms with E-state index in [1.807, 2.05) is 0 Å². The summed E-state index contributed by atoms with van der Waals surface area (Å²) < 4.78 is 10.6. The van der Waals surface area contributed by atoms with Crippen molar-refractivity contribution in [3.63, 3.8) is 0 Å². The first-order valence-electron chi connectivity index (χ1n) is 9.54. The Labute approximate surface area is 169 Å². The van der Waals surface area contributed by atoms with Gasteiger partial charge in [-0.3, -0.25) is 14.7 Å². The van der Waals surface area contributed by atoms with Crippen molar-refractivity contribution in [2.45, 2.75) is 51.3 Å². The zero-order chi connectivity index (χ0) is 21.2. The lowest BCUT2D eigenvalue weighted by Gasteiger charge is -2.38. The molecule has 1 fully saturated rings. The molecule has 2 aromatic heterocycles. The number of nitrogens with zero attached hydrogens (tertiary/aromatic N) is 3. The molecule has 3 N–H and O–H groups in total. The number of hydrogen-bond acceptors (Lipinski definition) is 7. The molecule has 29 heavy (non-hydrogen) atoms. The minimum absolute atomic E-state index is 0.195. The normalized spacial score (nSPS) is 19.7. The molecule has 3 rings (SSSR count). The molecule has 2 aromatic rings. The Morgan fingerprint density at radius 3 is 2.69 bits per heavy atom. The summed E-state index contributed by atoms with van der Waals surface area (Å²) in [6, 6.07) is 4.26. The maximum Gasteiger partial charge on any atom is 0.411 e. The molecule has 0 aromatic carbocycles. The summed E-state index contributed by atoms with van der Waals surface area (Å²) in [4.78, 5) is 35.8. The fraction of sp³-hybridized carbons (Fsp3) is 0.500. The average molecular weight is 401 g/mol. The van der Waals surface area contributed by atoms with Gasteiger partial charge in [0.25, 0.3) is 0 Å². The standard InChI is InChI=1S/C20H27N5O4/c1-20(2,3)29-19(27)25-11-12(21)5-7-15(25)18(26)23-14-9-10-22-13-6-8-16(28-4)24-17(13)14/h6,8-10,12,15H,5,7,11,21H2,1-4H3,(H,22,23,26)/t12-,15+/m0/s1. The largest absolute Gasteiger partial charge is 0.481 e. The second-order valence-electron chi connectivity index (χ2n) is 8.06. The van der Waals surface area contributed by atoms with Gasteiger partial charge in [-0.25, -0.2) is 9.78 Å². The van der Waals surface area contributed by atoms with Crippen LogP contribution >= 0.6 is 0 Å². The minimum Gasteiger partial charge on any atom is -0.481 e. The van der Waals surface area contributed by atoms with E-state index in [9.17, 15) is 9.59 Å². The SMILES string of the molecule is COc1ccc2nccc(NC(=O)[C@H]3CC[C@H](N)CN3C(=O)OC(C)(C)C)c2n1. The summed E-state index contributed by atoms with van der Waals surface area (Å²) in [5.41, 5.74) is 7.00. The second kappa shape index (κ2) is 8.20. The summed E-state index contributed by atoms with van der Waals surface area (Å²) in [6.07, 6.45) is 2.13. The quantitative estimate of drug-likeness (QED) is 0.810. The van der Waals surface area contributed by atoms with Crippen molar-refractivity contribution in [3.05, 3.63) is 24.4 Å². The van der Waals surface area contributed by atoms with Crippen molar-refractivity contribution in [1.82, 2.24) is 14.9 Å². The number of amides is 2. The molecule has 3 heterocycles. The Morgan fingerprint density at radius 2 is 2.00 bits per heavy atom. The van der Waals surface area contributed by atoms with Crippen LogP contribution in [-0.4, -0.2) is 58.2 Å². The van der Waals surface area contributed by atoms with Gasteiger partial charge in [-0.05, 0) is 45.7 Å². The van der Waals surface area contributed by atoms with Crippen molar-refractivity contribution < 1.29 is 19.1 Å². The number of hydrogen-bond donors (Lipinski definition) is 2. The van der Waals surface area contributed by atoms with Crippen LogP contribution in [0, 0.1) is 0 Å². The summed E-state index contributed by atoms with van der Waals surface area (Å²) in [6.45, 7) is 5.61. The van der Waals surface area contributed by atoms with Crippen LogP contribution in [0.25, 0.3) is 11.0 Å². The second-order valence-corrected chi connectivity index (χ2v) is 8.06. The van der Waals surface area contributed by atoms with Gasteiger partial charge in [-0.15, -0.1) is 0 Å². The number of methoxy groups -OCH3 is 1. The Morgan fingerprint density at radius 1 is 1.24 bits per heavy atom. The van der Waals surface area contributed by atoms with Gasteiger partial charge in [-0.1, -0.05) is 0 Å². The van der Waals surface area contributed by atoms with Crippen LogP contribution < -0.4 is 15.8 Å². The van der Waals surface area contributed by atoms with Crippen LogP contribution in [0.2, 0.25) is 0 Å². The maximum atomic E-state index is 13.1. The number of nitrogens with one attached hydrogen (secondary N) is 1. The molecule has 156 valence electrons. The lowest BCUT2D eigenvalue weighted by molar-refractivity contribution is -0.122. The van der Waals surface area contributed by atoms with Crippen LogP contribution in [0.15, 0.2) is 24.4 Å². The van der Waals surface area contributed by atoms with Crippen LogP contribution in [0.4, 0.5) is 10.5 Å². The van der Waals surface area contributed by atoms with Gasteiger partial charge in [0.1, 0.15) is 17.2 Å². The number of pyridine rings is 2. The first kappa shape index (κ1) is 20.8. The first-order valence-corrected chi connectivity index (χ1v) is 9.54. The highest BCUT2D eigenvalue weighted by molar-refractivity contribution is 6.02. The van der Waals surface area contributed by atoms with E-state index in [0.717, 1.165) is 0 Å². The van der Waals surface area contributed by atoms with Gasteiger partial charge in [0, 0.05) is 24.8 Å². The molecule has 9 nitrogen and oxygen atoms in total. The third kappa shape index (κ3) is 4.92. The topological polar surface area (TPSA) is 120 Å². The lowest BCUT2D eigenvalue weighted by atomic mass is 9.98. The van der Waals surface area contributed by atoms with Crippen molar-refractivity contribution in [2.75, 3.05) is 19.0 Å². The number of aromatic nitrogens is 2. The number of ether oxygens (including phenoxy) is 2. The number of fused-ring (bicyclic) bond motifs is 1. The predicted molar refractivity (Wildman–Crippen MR) is 109 cm³/mol. The van der Waals surface area contributed by atoms with Gasteiger partial charge in [0.15, 0.2) is 0 Å². The van der Waals surface area contributed by atoms with Gasteiger partial charge < -0.3 is 20.5 Å². The molecule has 1 saturated heterocycles. The highest BCUT2D eigenvalue weighted by atomic mass is 16.6. The van der Waals surface area contributed by atoms with E-state index in [0.29, 0.717) is 35.4 Å². The fourth-order valence-corrected chi connectivity index (χ4v) is 3.23. The summed E-state index contributed by atoms with van der Waals surface area (Å²) in [5, 5.41) is 2.88. The number of likely N-dealkylation sites (tertiary alicyclic amines) is 1. The van der Waals surface area contributed by atoms with Gasteiger partial charge >= 0.3 is 6.09 Å². The monoisotopic (exact) mass is 401 g/mol. The fourth-order valence-electron chi connectivity index (χ4n) is 3.23. The Hall–Kier alpha value is -2.94. The van der Waals surface area contributed by atoms with E-state index < -0.39 is 17.7 Å². The zero-order valence-electron chi connectivity index (χ0n) is 17.1. The van der Waals surface area contributed by atoms with E-state index in [-0.39, 0.29) is 18.5 Å². The molecular weight excluding hydrogens is 374 g/mol. The van der Waals surface area contributed by atoms with Crippen LogP contribution in [0.5, 0.6) is 5.88 Å². The van der Waals surface area contributed by atoms with Crippen molar-refractivity contribution >= 4 is 28.7 Å². The number of piperidine rings is 1. The smallest absolute Gasteiger partial charge is 0.411 e. The molecule has 2 atom stereocenters. The van der Waals surface area contributed by atoms with Crippen molar-refractivity contribution in [2.24, 2.45) is 5.73 Å². The summed E-state index contributed by atoms with van der Waals surface area (Å²) in [7, 11) is 1.52. The predicted octanol–water partition coefficient (Wildman–Crippen LogP) is 2.30. The maximum absolute atomic E-state index is 13.1. The molecular formula is C20H27N5O4. The van der Waals surface area contributed by atoms with Crippen LogP contribution in [-0.2, 0) is 9.53 Å². The molecule has 0 bridgehead atoms. The zero-order valence-corrected chi connectivity index (χ0v) is 17.1. The molecule has 0 unspecified atom stereocenters. The first-order chi connectivity index (χ1) is 13.7. The number of anilines is 1. The Balaban J connectivity index is 1.84. The summed E-state index contributed by atoms with van der Waals surface area (Å²) >= 11 is 0. The molecule has 9 heteroatoms. The highest BCUT2D eigenvalue weighted by Crippen LogP contribution is 2.25. The van der Waals surface area contributed by atoms with Crippen molar-refractivity contribution in [1.29, 1.82) is 0 Å². The van der Waals surface area contributed by atoms with E-state index >= 15 is 0 Å². The van der Waals surface area contributed by atoms with E-state index in [1.54, 1.807) is 45.2 Å². The van der Waals surface area contributed by atoms with Crippen LogP contribution in [0.1, 0.15) is 33.6 Å². The number of carbonyl (C=O) groups excluding carboxylic acids is 2. The number of nitrogens with two attached hydrogens (primary N) is 1. The molecule has 1 aliphatic rings. The minimum atomic E-state index is -0.682. The van der Waals surface area contributed by atoms with Gasteiger partial charge in [0.05, 0.1) is 18.3 Å². The lowest BCUT2D eigenvalue weighted by Crippen LogP contribution is -2.56. The van der Waals surface area contributed by atoms with E-state index in [4.69, 9.17) is 15.2 Å². The molecule has 0 radical (unpaired) electrons. The van der Waals surface area contributed by atoms with E-state index in [1.165, 1.54) is 12.0 Å². The molecule has 1 aliphatic heterocycles. The number of rotatable bonds is 3. The third-order valence-corrected chi connectivity index (χ3v) is 4.57. The molecule has 0 aliphatic carbocycles. The van der Waals surface area contributed by atoms with E-state index in [2.05, 4.69) is 15.3 Å². The average Bonchev–Trinajstić information content (AvgIpc) is 2.66. The van der Waals surface area contributed by atoms with Crippen molar-refractivity contribution in [3.8, 4) is 5.88 Å². The highest BCUT2D eigenvalue weighted by Gasteiger charge is 2.37. The Bertz CT molecular complexity index is 911. The Kier molecular flexibility index (Phi) is 5.88. The summed E-state index contributed by atoms with van der Waals surface area (Å²) in [5.74, 6) is 0.0971. The van der Waals surface area contributed by atoms with Crippen LogP contribution in [0.3, 0.4) is 0 Å². The van der Waals surface area contributed by atoms with Gasteiger partial charge in [-0.2, -0.15) is 0 Å².